The highest BCUT2D eigenvalue weighted by Crippen LogP contribution is 2.29. The van der Waals surface area contributed by atoms with E-state index in [4.69, 9.17) is 0 Å². The van der Waals surface area contributed by atoms with E-state index in [-0.39, 0.29) is 48.5 Å². The Morgan fingerprint density at radius 2 is 1.26 bits per heavy atom. The number of likely N-dealkylation sites (tertiary alicyclic amines) is 1. The Morgan fingerprint density at radius 1 is 0.789 bits per heavy atom. The summed E-state index contributed by atoms with van der Waals surface area (Å²) in [5.74, 6) is 0.790. The van der Waals surface area contributed by atoms with Crippen LogP contribution in [0.4, 0.5) is 0 Å². The molecule has 4 rings (SSSR count). The van der Waals surface area contributed by atoms with Gasteiger partial charge in [-0.05, 0) is 94.3 Å². The van der Waals surface area contributed by atoms with E-state index in [1.165, 1.54) is 46.3 Å². The third-order valence-electron chi connectivity index (χ3n) is 8.81. The lowest BCUT2D eigenvalue weighted by Gasteiger charge is -2.37. The third-order valence-corrected chi connectivity index (χ3v) is 8.81. The minimum Gasteiger partial charge on any atom is -1.00 e. The molecule has 0 saturated carbocycles. The van der Waals surface area contributed by atoms with Crippen molar-refractivity contribution < 1.29 is 38.0 Å². The van der Waals surface area contributed by atoms with Gasteiger partial charge in [-0.25, -0.2) is 0 Å². The molecule has 2 saturated heterocycles. The number of ketones is 2. The van der Waals surface area contributed by atoms with Gasteiger partial charge in [0.25, 0.3) is 0 Å². The zero-order chi connectivity index (χ0) is 26.3. The second-order valence-corrected chi connectivity index (χ2v) is 10.9. The van der Waals surface area contributed by atoms with Gasteiger partial charge in [0.05, 0.1) is 25.7 Å². The Hall–Kier alpha value is -1.28. The standard InChI is InChI=1S/C18H28NO.C14H19NO.ClH.HI/c1-5-19(6-2)12-8-11-17(19)18(20)13-16-14(3)9-7-10-15(16)4;1-10-5-3-6-11(2)12(10)9-14(16)13-7-4-8-15-13;;/h7,9-10,17H,5-6,8,11-13H2,1-4H3;3,5-6,13,15H,4,7-9H2,1-2H3;2*1H/q+1;;;/p-1. The molecular weight excluding hydrogens is 607 g/mol. The van der Waals surface area contributed by atoms with E-state index >= 15 is 0 Å². The SMILES string of the molecule is CC[N+]1(CC)CCCC1C(=O)Cc1c(C)cccc1C.Cc1cccc(C)c1CC(=O)C1CCCN1.Cl.[I-]. The molecule has 2 aliphatic heterocycles. The van der Waals surface area contributed by atoms with Crippen molar-refractivity contribution in [3.05, 3.63) is 69.8 Å². The Morgan fingerprint density at radius 3 is 1.68 bits per heavy atom. The zero-order valence-electron chi connectivity index (χ0n) is 24.2. The lowest BCUT2D eigenvalue weighted by Crippen LogP contribution is -3.00. The summed E-state index contributed by atoms with van der Waals surface area (Å²) in [4.78, 5) is 24.9. The fourth-order valence-electron chi connectivity index (χ4n) is 6.28. The molecule has 0 radical (unpaired) electrons. The molecule has 2 aliphatic rings. The number of rotatable bonds is 8. The number of hydrogen-bond donors (Lipinski definition) is 1. The van der Waals surface area contributed by atoms with Crippen LogP contribution in [-0.4, -0.2) is 54.3 Å². The second-order valence-electron chi connectivity index (χ2n) is 10.9. The van der Waals surface area contributed by atoms with Gasteiger partial charge in [-0.3, -0.25) is 9.59 Å². The lowest BCUT2D eigenvalue weighted by molar-refractivity contribution is -0.927. The smallest absolute Gasteiger partial charge is 0.194 e. The first kappa shape index (κ1) is 34.7. The third kappa shape index (κ3) is 8.36. The molecule has 1 N–H and O–H groups in total. The molecule has 2 aromatic carbocycles. The van der Waals surface area contributed by atoms with Crippen LogP contribution in [0.1, 0.15) is 72.9 Å². The van der Waals surface area contributed by atoms with Gasteiger partial charge in [-0.1, -0.05) is 36.4 Å². The molecular formula is C32H48ClIN2O2. The van der Waals surface area contributed by atoms with Crippen LogP contribution in [0.5, 0.6) is 0 Å². The first-order valence-corrected chi connectivity index (χ1v) is 14.0. The number of nitrogens with zero attached hydrogens (tertiary/aromatic N) is 1. The summed E-state index contributed by atoms with van der Waals surface area (Å²) in [5, 5.41) is 3.27. The predicted molar refractivity (Wildman–Crippen MR) is 157 cm³/mol. The number of nitrogens with one attached hydrogen (secondary N) is 1. The number of carbonyl (C=O) groups is 2. The first-order chi connectivity index (χ1) is 17.2. The number of hydrogen-bond acceptors (Lipinski definition) is 3. The van der Waals surface area contributed by atoms with Crippen LogP contribution >= 0.6 is 12.4 Å². The van der Waals surface area contributed by atoms with Crippen molar-refractivity contribution in [2.24, 2.45) is 0 Å². The molecule has 0 aromatic heterocycles. The van der Waals surface area contributed by atoms with Crippen molar-refractivity contribution >= 4 is 24.0 Å². The molecule has 0 amide bonds. The Bertz CT molecular complexity index is 1020. The topological polar surface area (TPSA) is 46.2 Å². The minimum absolute atomic E-state index is 0. The van der Waals surface area contributed by atoms with E-state index in [9.17, 15) is 9.59 Å². The molecule has 6 heteroatoms. The summed E-state index contributed by atoms with van der Waals surface area (Å²) in [6.07, 6.45) is 5.60. The summed E-state index contributed by atoms with van der Waals surface area (Å²) in [6.45, 7) is 17.2. The van der Waals surface area contributed by atoms with Crippen molar-refractivity contribution in [1.29, 1.82) is 0 Å². The quantitative estimate of drug-likeness (QED) is 0.352. The maximum Gasteiger partial charge on any atom is 0.194 e. The van der Waals surface area contributed by atoms with E-state index in [0.717, 1.165) is 43.4 Å². The lowest BCUT2D eigenvalue weighted by atomic mass is 9.94. The minimum atomic E-state index is 0. The van der Waals surface area contributed by atoms with Gasteiger partial charge < -0.3 is 33.8 Å². The molecule has 0 spiro atoms. The number of Topliss-reactive ketones (excluding diaryl/α,β-unsaturated/α-hetero) is 2. The van der Waals surface area contributed by atoms with Gasteiger partial charge in [0.15, 0.2) is 11.6 Å². The summed E-state index contributed by atoms with van der Waals surface area (Å²) in [5.41, 5.74) is 7.42. The maximum atomic E-state index is 12.8. The molecule has 4 nitrogen and oxygen atoms in total. The number of aryl methyl sites for hydroxylation is 4. The predicted octanol–water partition coefficient (Wildman–Crippen LogP) is 3.03. The van der Waals surface area contributed by atoms with E-state index in [0.29, 0.717) is 24.4 Å². The Kier molecular flexibility index (Phi) is 14.7. The summed E-state index contributed by atoms with van der Waals surface area (Å²) >= 11 is 0. The second kappa shape index (κ2) is 16.1. The van der Waals surface area contributed by atoms with Crippen LogP contribution < -0.4 is 29.3 Å². The Labute approximate surface area is 254 Å². The highest BCUT2D eigenvalue weighted by Gasteiger charge is 2.43. The van der Waals surface area contributed by atoms with Crippen molar-refractivity contribution in [2.45, 2.75) is 92.2 Å². The fourth-order valence-corrected chi connectivity index (χ4v) is 6.28. The fraction of sp³-hybridized carbons (Fsp3) is 0.562. The summed E-state index contributed by atoms with van der Waals surface area (Å²) < 4.78 is 1.00. The van der Waals surface area contributed by atoms with Gasteiger partial charge >= 0.3 is 0 Å². The summed E-state index contributed by atoms with van der Waals surface area (Å²) in [7, 11) is 0. The molecule has 2 atom stereocenters. The van der Waals surface area contributed by atoms with Crippen LogP contribution in [-0.2, 0) is 22.4 Å². The normalized spacial score (nSPS) is 19.5. The van der Waals surface area contributed by atoms with Gasteiger partial charge in [0, 0.05) is 25.7 Å². The molecule has 2 unspecified atom stereocenters. The summed E-state index contributed by atoms with van der Waals surface area (Å²) in [6, 6.07) is 12.8. The number of benzene rings is 2. The molecule has 2 heterocycles. The van der Waals surface area contributed by atoms with E-state index in [1.54, 1.807) is 0 Å². The monoisotopic (exact) mass is 654 g/mol. The first-order valence-electron chi connectivity index (χ1n) is 14.0. The van der Waals surface area contributed by atoms with Crippen molar-refractivity contribution in [2.75, 3.05) is 26.2 Å². The van der Waals surface area contributed by atoms with Crippen molar-refractivity contribution in [3.63, 3.8) is 0 Å². The average Bonchev–Trinajstić information content (AvgIpc) is 3.55. The van der Waals surface area contributed by atoms with Crippen LogP contribution in [0.3, 0.4) is 0 Å². The molecule has 212 valence electrons. The zero-order valence-corrected chi connectivity index (χ0v) is 27.2. The molecule has 0 aliphatic carbocycles. The van der Waals surface area contributed by atoms with Crippen LogP contribution in [0.25, 0.3) is 0 Å². The number of quaternary nitrogens is 1. The van der Waals surface area contributed by atoms with Crippen LogP contribution in [0.15, 0.2) is 36.4 Å². The van der Waals surface area contributed by atoms with Crippen LogP contribution in [0.2, 0.25) is 0 Å². The van der Waals surface area contributed by atoms with Gasteiger partial charge in [0.1, 0.15) is 6.04 Å². The van der Waals surface area contributed by atoms with Crippen molar-refractivity contribution in [1.82, 2.24) is 5.32 Å². The molecule has 2 aromatic rings. The number of carbonyl (C=O) groups excluding carboxylic acids is 2. The van der Waals surface area contributed by atoms with Gasteiger partial charge in [0.2, 0.25) is 0 Å². The largest absolute Gasteiger partial charge is 1.00 e. The van der Waals surface area contributed by atoms with E-state index < -0.39 is 0 Å². The van der Waals surface area contributed by atoms with Gasteiger partial charge in [-0.15, -0.1) is 12.4 Å². The average molecular weight is 655 g/mol. The number of halogens is 2. The van der Waals surface area contributed by atoms with Crippen molar-refractivity contribution in [3.8, 4) is 0 Å². The van der Waals surface area contributed by atoms with E-state index in [2.05, 4.69) is 77.2 Å². The maximum absolute atomic E-state index is 12.8. The highest BCUT2D eigenvalue weighted by molar-refractivity contribution is 5.87. The van der Waals surface area contributed by atoms with Gasteiger partial charge in [-0.2, -0.15) is 0 Å². The highest BCUT2D eigenvalue weighted by atomic mass is 127. The Balaban J connectivity index is 0.000000368. The van der Waals surface area contributed by atoms with E-state index in [1.807, 2.05) is 6.07 Å². The number of likely N-dealkylation sites (N-methyl/N-ethyl adjacent to an activating group) is 1. The molecule has 0 bridgehead atoms. The molecule has 38 heavy (non-hydrogen) atoms. The molecule has 2 fully saturated rings. The van der Waals surface area contributed by atoms with Crippen LogP contribution in [0, 0.1) is 27.7 Å².